The van der Waals surface area contributed by atoms with Crippen LogP contribution in [-0.4, -0.2) is 9.38 Å². The molecule has 0 amide bonds. The Hall–Kier alpha value is -2.48. The van der Waals surface area contributed by atoms with Crippen molar-refractivity contribution in [3.05, 3.63) is 83.0 Å². The van der Waals surface area contributed by atoms with E-state index in [0.29, 0.717) is 5.41 Å². The fourth-order valence-electron chi connectivity index (χ4n) is 5.51. The monoisotopic (exact) mass is 582 g/mol. The normalized spacial score (nSPS) is 14.8. The first kappa shape index (κ1) is 20.4. The molecule has 0 spiro atoms. The molecule has 0 atom stereocenters. The Balaban J connectivity index is 0.00000204. The second-order valence-electron chi connectivity index (χ2n) is 9.68. The summed E-state index contributed by atoms with van der Waals surface area (Å²) in [6.45, 7) is 9.13. The second kappa shape index (κ2) is 7.02. The SMILES string of the molecule is Cc1cccc(C)c1-c1cnc2c3[c-]cccc3c3cc4c(cc3n12)CC(C)(C)C4.[Ir]. The van der Waals surface area contributed by atoms with Crippen molar-refractivity contribution in [3.63, 3.8) is 0 Å². The Morgan fingerprint density at radius 3 is 2.39 bits per heavy atom. The third kappa shape index (κ3) is 2.98. The number of hydrogen-bond donors (Lipinski definition) is 0. The van der Waals surface area contributed by atoms with Gasteiger partial charge >= 0.3 is 0 Å². The number of benzene rings is 3. The van der Waals surface area contributed by atoms with E-state index in [-0.39, 0.29) is 20.1 Å². The maximum atomic E-state index is 4.91. The quantitative estimate of drug-likeness (QED) is 0.156. The van der Waals surface area contributed by atoms with Crippen molar-refractivity contribution >= 4 is 27.3 Å². The summed E-state index contributed by atoms with van der Waals surface area (Å²) in [6, 6.07) is 21.2. The van der Waals surface area contributed by atoms with Crippen LogP contribution in [0.4, 0.5) is 0 Å². The van der Waals surface area contributed by atoms with Gasteiger partial charge in [-0.15, -0.1) is 29.7 Å². The van der Waals surface area contributed by atoms with E-state index in [1.807, 2.05) is 12.3 Å². The summed E-state index contributed by atoms with van der Waals surface area (Å²) in [6.07, 6.45) is 4.32. The largest absolute Gasteiger partial charge is 0.333 e. The number of imidazole rings is 1. The molecule has 0 aliphatic heterocycles. The van der Waals surface area contributed by atoms with Crippen LogP contribution in [0.15, 0.2) is 54.7 Å². The van der Waals surface area contributed by atoms with E-state index < -0.39 is 0 Å². The molecule has 0 bridgehead atoms. The van der Waals surface area contributed by atoms with Crippen LogP contribution >= 0.6 is 0 Å². The van der Waals surface area contributed by atoms with Crippen molar-refractivity contribution < 1.29 is 20.1 Å². The molecule has 3 aromatic carbocycles. The molecule has 1 aliphatic carbocycles. The zero-order valence-electron chi connectivity index (χ0n) is 18.3. The molecular weight excluding hydrogens is 557 g/mol. The van der Waals surface area contributed by atoms with Crippen molar-refractivity contribution in [2.24, 2.45) is 5.41 Å². The van der Waals surface area contributed by atoms with E-state index in [9.17, 15) is 0 Å². The van der Waals surface area contributed by atoms with Crippen LogP contribution in [-0.2, 0) is 32.9 Å². The van der Waals surface area contributed by atoms with Crippen molar-refractivity contribution in [2.75, 3.05) is 0 Å². The molecule has 2 heterocycles. The van der Waals surface area contributed by atoms with Gasteiger partial charge in [0.05, 0.1) is 11.3 Å². The van der Waals surface area contributed by atoms with Crippen molar-refractivity contribution in [1.29, 1.82) is 0 Å². The molecule has 0 saturated heterocycles. The zero-order valence-corrected chi connectivity index (χ0v) is 20.7. The number of nitrogens with zero attached hydrogens (tertiary/aromatic N) is 2. The van der Waals surface area contributed by atoms with Gasteiger partial charge in [-0.05, 0) is 65.8 Å². The van der Waals surface area contributed by atoms with Gasteiger partial charge in [0, 0.05) is 37.4 Å². The molecule has 157 valence electrons. The topological polar surface area (TPSA) is 17.3 Å². The van der Waals surface area contributed by atoms with Gasteiger partial charge < -0.3 is 4.40 Å². The molecule has 0 saturated carbocycles. The van der Waals surface area contributed by atoms with E-state index in [2.05, 4.69) is 80.6 Å². The molecule has 6 rings (SSSR count). The van der Waals surface area contributed by atoms with Crippen LogP contribution in [0.3, 0.4) is 0 Å². The maximum Gasteiger partial charge on any atom is 0.0639 e. The van der Waals surface area contributed by atoms with Crippen LogP contribution in [0.25, 0.3) is 38.6 Å². The van der Waals surface area contributed by atoms with Gasteiger partial charge in [-0.2, -0.15) is 0 Å². The van der Waals surface area contributed by atoms with Crippen LogP contribution in [0.5, 0.6) is 0 Å². The Kier molecular flexibility index (Phi) is 4.62. The Labute approximate surface area is 196 Å². The Morgan fingerprint density at radius 1 is 0.935 bits per heavy atom. The molecule has 31 heavy (non-hydrogen) atoms. The molecule has 0 unspecified atom stereocenters. The van der Waals surface area contributed by atoms with Crippen molar-refractivity contribution in [3.8, 4) is 11.3 Å². The second-order valence-corrected chi connectivity index (χ2v) is 9.68. The number of hydrogen-bond acceptors (Lipinski definition) is 1. The summed E-state index contributed by atoms with van der Waals surface area (Å²) < 4.78 is 2.37. The number of pyridine rings is 1. The molecule has 0 N–H and O–H groups in total. The van der Waals surface area contributed by atoms with Crippen molar-refractivity contribution in [2.45, 2.75) is 40.5 Å². The predicted molar refractivity (Wildman–Crippen MR) is 125 cm³/mol. The predicted octanol–water partition coefficient (Wildman–Crippen LogP) is 6.85. The Bertz CT molecular complexity index is 1470. The first-order valence-corrected chi connectivity index (χ1v) is 10.7. The van der Waals surface area contributed by atoms with Gasteiger partial charge in [-0.25, -0.2) is 0 Å². The van der Waals surface area contributed by atoms with Crippen LogP contribution < -0.4 is 0 Å². The first-order chi connectivity index (χ1) is 14.4. The van der Waals surface area contributed by atoms with E-state index >= 15 is 0 Å². The van der Waals surface area contributed by atoms with Gasteiger partial charge in [0.2, 0.25) is 0 Å². The minimum Gasteiger partial charge on any atom is -0.333 e. The average molecular weight is 582 g/mol. The van der Waals surface area contributed by atoms with Crippen LogP contribution in [0.2, 0.25) is 0 Å². The standard InChI is InChI=1S/C28H25N2.Ir/c1-17-8-7-9-18(2)26(17)25-16-29-27-22-11-6-5-10-21(22)23-12-19-14-28(3,4)15-20(19)13-24(23)30(25)27;/h5-10,12-13,16H,14-15H2,1-4H3;/q-1;. The minimum absolute atomic E-state index is 0. The van der Waals surface area contributed by atoms with Gasteiger partial charge in [-0.1, -0.05) is 43.5 Å². The Morgan fingerprint density at radius 2 is 1.65 bits per heavy atom. The summed E-state index contributed by atoms with van der Waals surface area (Å²) in [5.74, 6) is 0. The molecule has 2 aromatic heterocycles. The molecule has 1 radical (unpaired) electrons. The van der Waals surface area contributed by atoms with Gasteiger partial charge in [0.25, 0.3) is 0 Å². The molecule has 3 heteroatoms. The van der Waals surface area contributed by atoms with E-state index in [1.54, 1.807) is 0 Å². The summed E-state index contributed by atoms with van der Waals surface area (Å²) in [4.78, 5) is 4.91. The van der Waals surface area contributed by atoms with Crippen LogP contribution in [0, 0.1) is 25.3 Å². The summed E-state index contributed by atoms with van der Waals surface area (Å²) >= 11 is 0. The smallest absolute Gasteiger partial charge is 0.0639 e. The molecule has 1 aliphatic rings. The first-order valence-electron chi connectivity index (χ1n) is 10.7. The summed E-state index contributed by atoms with van der Waals surface area (Å²) in [5, 5.41) is 3.64. The zero-order chi connectivity index (χ0) is 20.6. The van der Waals surface area contributed by atoms with E-state index in [1.165, 1.54) is 49.8 Å². The van der Waals surface area contributed by atoms with Gasteiger partial charge in [0.15, 0.2) is 0 Å². The summed E-state index contributed by atoms with van der Waals surface area (Å²) in [7, 11) is 0. The molecule has 2 nitrogen and oxygen atoms in total. The number of fused-ring (bicyclic) bond motifs is 7. The van der Waals surface area contributed by atoms with Crippen molar-refractivity contribution in [1.82, 2.24) is 9.38 Å². The van der Waals surface area contributed by atoms with E-state index in [0.717, 1.165) is 23.9 Å². The average Bonchev–Trinajstić information content (AvgIpc) is 3.26. The maximum absolute atomic E-state index is 4.91. The molecule has 5 aromatic rings. The fraction of sp³-hybridized carbons (Fsp3) is 0.250. The third-order valence-corrected chi connectivity index (χ3v) is 6.77. The van der Waals surface area contributed by atoms with Crippen LogP contribution in [0.1, 0.15) is 36.1 Å². The fourth-order valence-corrected chi connectivity index (χ4v) is 5.51. The van der Waals surface area contributed by atoms with Gasteiger partial charge in [-0.3, -0.25) is 4.98 Å². The molecular formula is C28H25IrN2-. The summed E-state index contributed by atoms with van der Waals surface area (Å²) in [5.41, 5.74) is 10.6. The molecule has 0 fully saturated rings. The number of aryl methyl sites for hydroxylation is 2. The number of rotatable bonds is 1. The third-order valence-electron chi connectivity index (χ3n) is 6.77. The van der Waals surface area contributed by atoms with E-state index in [4.69, 9.17) is 4.98 Å². The van der Waals surface area contributed by atoms with Gasteiger partial charge in [0.1, 0.15) is 0 Å². The minimum atomic E-state index is 0. The number of aromatic nitrogens is 2.